The van der Waals surface area contributed by atoms with Crippen molar-refractivity contribution in [3.63, 3.8) is 0 Å². The van der Waals surface area contributed by atoms with E-state index in [2.05, 4.69) is 10.3 Å². The number of benzene rings is 1. The molecule has 0 saturated carbocycles. The van der Waals surface area contributed by atoms with Gasteiger partial charge in [-0.1, -0.05) is 6.07 Å². The third-order valence-corrected chi connectivity index (χ3v) is 2.48. The molecule has 1 aromatic heterocycles. The highest BCUT2D eigenvalue weighted by atomic mass is 19.1. The number of nitrogens with one attached hydrogen (secondary N) is 1. The summed E-state index contributed by atoms with van der Waals surface area (Å²) >= 11 is 0. The molecule has 0 amide bonds. The van der Waals surface area contributed by atoms with Crippen LogP contribution >= 0.6 is 0 Å². The van der Waals surface area contributed by atoms with Gasteiger partial charge in [0.15, 0.2) is 0 Å². The molecule has 0 saturated heterocycles. The standard InChI is InChI=1S/C12H12FN3O3/c1-8-5-15-12(19-8)7-14-6-9-2-3-11(16(17)18)10(13)4-9/h2-5,14H,6-7H2,1H3. The lowest BCUT2D eigenvalue weighted by Gasteiger charge is -2.03. The average molecular weight is 265 g/mol. The fourth-order valence-corrected chi connectivity index (χ4v) is 1.61. The molecule has 2 aromatic rings. The van der Waals surface area contributed by atoms with Gasteiger partial charge >= 0.3 is 5.69 Å². The molecule has 0 bridgehead atoms. The zero-order chi connectivity index (χ0) is 13.8. The number of nitro groups is 1. The summed E-state index contributed by atoms with van der Waals surface area (Å²) in [7, 11) is 0. The van der Waals surface area contributed by atoms with Gasteiger partial charge in [-0.05, 0) is 18.6 Å². The molecule has 7 heteroatoms. The van der Waals surface area contributed by atoms with Gasteiger partial charge in [0.1, 0.15) is 5.76 Å². The van der Waals surface area contributed by atoms with Gasteiger partial charge in [0, 0.05) is 12.6 Å². The Kier molecular flexibility index (Phi) is 3.86. The van der Waals surface area contributed by atoms with Crippen molar-refractivity contribution in [1.29, 1.82) is 0 Å². The molecule has 0 unspecified atom stereocenters. The van der Waals surface area contributed by atoms with Gasteiger partial charge < -0.3 is 9.73 Å². The Balaban J connectivity index is 1.93. The van der Waals surface area contributed by atoms with Crippen molar-refractivity contribution < 1.29 is 13.7 Å². The Labute approximate surface area is 108 Å². The first kappa shape index (κ1) is 13.2. The maximum absolute atomic E-state index is 13.4. The number of halogens is 1. The fourth-order valence-electron chi connectivity index (χ4n) is 1.61. The lowest BCUT2D eigenvalue weighted by atomic mass is 10.2. The van der Waals surface area contributed by atoms with Crippen LogP contribution in [0.15, 0.2) is 28.8 Å². The van der Waals surface area contributed by atoms with E-state index in [4.69, 9.17) is 4.42 Å². The minimum atomic E-state index is -0.837. The summed E-state index contributed by atoms with van der Waals surface area (Å²) in [5.41, 5.74) is 0.0958. The van der Waals surface area contributed by atoms with Gasteiger partial charge in [0.05, 0.1) is 17.7 Å². The maximum Gasteiger partial charge on any atom is 0.304 e. The van der Waals surface area contributed by atoms with Crippen molar-refractivity contribution in [2.45, 2.75) is 20.0 Å². The molecular formula is C12H12FN3O3. The van der Waals surface area contributed by atoms with Gasteiger partial charge in [-0.2, -0.15) is 4.39 Å². The Bertz CT molecular complexity index is 598. The van der Waals surface area contributed by atoms with E-state index in [1.54, 1.807) is 13.1 Å². The van der Waals surface area contributed by atoms with E-state index < -0.39 is 16.4 Å². The second-order valence-corrected chi connectivity index (χ2v) is 4.01. The monoisotopic (exact) mass is 265 g/mol. The number of aromatic nitrogens is 1. The maximum atomic E-state index is 13.4. The number of rotatable bonds is 5. The van der Waals surface area contributed by atoms with E-state index in [1.165, 1.54) is 6.07 Å². The summed E-state index contributed by atoms with van der Waals surface area (Å²) in [4.78, 5) is 13.7. The first-order valence-electron chi connectivity index (χ1n) is 5.61. The van der Waals surface area contributed by atoms with Crippen molar-refractivity contribution in [2.24, 2.45) is 0 Å². The quantitative estimate of drug-likeness (QED) is 0.662. The minimum absolute atomic E-state index is 0.371. The summed E-state index contributed by atoms with van der Waals surface area (Å²) in [6.45, 7) is 2.57. The molecule has 0 aliphatic rings. The molecule has 0 fully saturated rings. The third kappa shape index (κ3) is 3.35. The number of oxazole rings is 1. The highest BCUT2D eigenvalue weighted by Crippen LogP contribution is 2.17. The van der Waals surface area contributed by atoms with Crippen LogP contribution in [-0.4, -0.2) is 9.91 Å². The molecule has 1 aromatic carbocycles. The first-order chi connectivity index (χ1) is 9.06. The Hall–Kier alpha value is -2.28. The van der Waals surface area contributed by atoms with Crippen LogP contribution in [0.25, 0.3) is 0 Å². The number of hydrogen-bond acceptors (Lipinski definition) is 5. The van der Waals surface area contributed by atoms with Crippen LogP contribution in [0.1, 0.15) is 17.2 Å². The number of nitrogens with zero attached hydrogens (tertiary/aromatic N) is 2. The van der Waals surface area contributed by atoms with Crippen molar-refractivity contribution in [3.05, 3.63) is 57.5 Å². The molecule has 100 valence electrons. The number of aryl methyl sites for hydroxylation is 1. The van der Waals surface area contributed by atoms with E-state index in [1.807, 2.05) is 0 Å². The van der Waals surface area contributed by atoms with E-state index in [9.17, 15) is 14.5 Å². The minimum Gasteiger partial charge on any atom is -0.445 e. The highest BCUT2D eigenvalue weighted by molar-refractivity contribution is 5.34. The predicted octanol–water partition coefficient (Wildman–Crippen LogP) is 2.32. The van der Waals surface area contributed by atoms with Crippen molar-refractivity contribution in [1.82, 2.24) is 10.3 Å². The lowest BCUT2D eigenvalue weighted by Crippen LogP contribution is -2.13. The highest BCUT2D eigenvalue weighted by Gasteiger charge is 2.13. The molecule has 0 radical (unpaired) electrons. The van der Waals surface area contributed by atoms with Crippen molar-refractivity contribution >= 4 is 5.69 Å². The Morgan fingerprint density at radius 1 is 1.47 bits per heavy atom. The average Bonchev–Trinajstić information content (AvgIpc) is 2.75. The van der Waals surface area contributed by atoms with Crippen molar-refractivity contribution in [2.75, 3.05) is 0 Å². The van der Waals surface area contributed by atoms with Crippen LogP contribution < -0.4 is 5.32 Å². The zero-order valence-corrected chi connectivity index (χ0v) is 10.2. The topological polar surface area (TPSA) is 81.2 Å². The molecule has 0 aliphatic carbocycles. The molecule has 2 rings (SSSR count). The fraction of sp³-hybridized carbons (Fsp3) is 0.250. The molecule has 0 atom stereocenters. The number of hydrogen-bond donors (Lipinski definition) is 1. The van der Waals surface area contributed by atoms with Gasteiger partial charge in [-0.25, -0.2) is 4.98 Å². The van der Waals surface area contributed by atoms with Crippen molar-refractivity contribution in [3.8, 4) is 0 Å². The molecular weight excluding hydrogens is 253 g/mol. The molecule has 0 spiro atoms. The summed E-state index contributed by atoms with van der Waals surface area (Å²) in [5.74, 6) is 0.425. The largest absolute Gasteiger partial charge is 0.445 e. The van der Waals surface area contributed by atoms with E-state index in [-0.39, 0.29) is 0 Å². The molecule has 1 N–H and O–H groups in total. The summed E-state index contributed by atoms with van der Waals surface area (Å²) in [5, 5.41) is 13.5. The van der Waals surface area contributed by atoms with E-state index >= 15 is 0 Å². The van der Waals surface area contributed by atoms with Crippen LogP contribution in [0.2, 0.25) is 0 Å². The zero-order valence-electron chi connectivity index (χ0n) is 10.2. The predicted molar refractivity (Wildman–Crippen MR) is 64.8 cm³/mol. The van der Waals surface area contributed by atoms with Crippen LogP contribution in [0.4, 0.5) is 10.1 Å². The molecule has 6 nitrogen and oxygen atoms in total. The van der Waals surface area contributed by atoms with Gasteiger partial charge in [0.25, 0.3) is 0 Å². The molecule has 0 aliphatic heterocycles. The summed E-state index contributed by atoms with van der Waals surface area (Å²) < 4.78 is 18.6. The van der Waals surface area contributed by atoms with Gasteiger partial charge in [-0.15, -0.1) is 0 Å². The molecule has 1 heterocycles. The Morgan fingerprint density at radius 2 is 2.26 bits per heavy atom. The Morgan fingerprint density at radius 3 is 2.84 bits per heavy atom. The van der Waals surface area contributed by atoms with Crippen LogP contribution in [0.5, 0.6) is 0 Å². The van der Waals surface area contributed by atoms with E-state index in [0.717, 1.165) is 17.9 Å². The van der Waals surface area contributed by atoms with Gasteiger partial charge in [0.2, 0.25) is 11.7 Å². The van der Waals surface area contributed by atoms with E-state index in [0.29, 0.717) is 24.5 Å². The summed E-state index contributed by atoms with van der Waals surface area (Å²) in [6, 6.07) is 3.81. The third-order valence-electron chi connectivity index (χ3n) is 2.48. The lowest BCUT2D eigenvalue weighted by molar-refractivity contribution is -0.387. The first-order valence-corrected chi connectivity index (χ1v) is 5.61. The van der Waals surface area contributed by atoms with Crippen LogP contribution in [-0.2, 0) is 13.1 Å². The van der Waals surface area contributed by atoms with Crippen LogP contribution in [0.3, 0.4) is 0 Å². The second-order valence-electron chi connectivity index (χ2n) is 4.01. The SMILES string of the molecule is Cc1cnc(CNCc2ccc([N+](=O)[O-])c(F)c2)o1. The smallest absolute Gasteiger partial charge is 0.304 e. The summed E-state index contributed by atoms with van der Waals surface area (Å²) in [6.07, 6.45) is 1.61. The van der Waals surface area contributed by atoms with Gasteiger partial charge in [-0.3, -0.25) is 10.1 Å². The van der Waals surface area contributed by atoms with Crippen LogP contribution in [0, 0.1) is 22.9 Å². The number of nitro benzene ring substituents is 1. The molecule has 19 heavy (non-hydrogen) atoms. The second kappa shape index (κ2) is 5.57. The normalized spacial score (nSPS) is 10.6.